The molecular weight excluding hydrogens is 262 g/mol. The molecule has 0 radical (unpaired) electrons. The predicted molar refractivity (Wildman–Crippen MR) is 86.1 cm³/mol. The summed E-state index contributed by atoms with van der Waals surface area (Å²) in [4.78, 5) is 6.88. The monoisotopic (exact) mass is 291 g/mol. The standard InChI is InChI=1S/C17H29N3O/c1-14(2)18-10-15-7-8-16(19-11-15)12-20(3)13-17-6-4-5-9-21-17/h7-8,11,14,17-18H,4-6,9-10,12-13H2,1-3H3. The molecule has 21 heavy (non-hydrogen) atoms. The third kappa shape index (κ3) is 6.12. The van der Waals surface area contributed by atoms with E-state index in [2.05, 4.69) is 48.2 Å². The summed E-state index contributed by atoms with van der Waals surface area (Å²) in [6.07, 6.45) is 6.09. The van der Waals surface area contributed by atoms with Gasteiger partial charge in [-0.3, -0.25) is 9.88 Å². The van der Waals surface area contributed by atoms with Crippen LogP contribution in [0.15, 0.2) is 18.3 Å². The highest BCUT2D eigenvalue weighted by Crippen LogP contribution is 2.14. The van der Waals surface area contributed by atoms with E-state index in [1.165, 1.54) is 24.8 Å². The van der Waals surface area contributed by atoms with Crippen LogP contribution < -0.4 is 5.32 Å². The zero-order valence-corrected chi connectivity index (χ0v) is 13.6. The minimum Gasteiger partial charge on any atom is -0.377 e. The summed E-state index contributed by atoms with van der Waals surface area (Å²) in [6, 6.07) is 4.81. The first-order chi connectivity index (χ1) is 10.1. The fourth-order valence-electron chi connectivity index (χ4n) is 2.62. The first-order valence-corrected chi connectivity index (χ1v) is 8.11. The van der Waals surface area contributed by atoms with Crippen LogP contribution in [0.3, 0.4) is 0 Å². The molecule has 1 unspecified atom stereocenters. The third-order valence-corrected chi connectivity index (χ3v) is 3.82. The van der Waals surface area contributed by atoms with E-state index in [-0.39, 0.29) is 0 Å². The van der Waals surface area contributed by atoms with E-state index in [9.17, 15) is 0 Å². The average Bonchev–Trinajstić information content (AvgIpc) is 2.47. The third-order valence-electron chi connectivity index (χ3n) is 3.82. The van der Waals surface area contributed by atoms with Crippen molar-refractivity contribution in [1.29, 1.82) is 0 Å². The molecule has 0 saturated carbocycles. The van der Waals surface area contributed by atoms with Crippen molar-refractivity contribution in [3.05, 3.63) is 29.6 Å². The predicted octanol–water partition coefficient (Wildman–Crippen LogP) is 2.58. The van der Waals surface area contributed by atoms with Gasteiger partial charge in [0.2, 0.25) is 0 Å². The number of pyridine rings is 1. The van der Waals surface area contributed by atoms with E-state index in [4.69, 9.17) is 4.74 Å². The van der Waals surface area contributed by atoms with Crippen molar-refractivity contribution in [3.8, 4) is 0 Å². The van der Waals surface area contributed by atoms with Crippen molar-refractivity contribution in [2.24, 2.45) is 0 Å². The van der Waals surface area contributed by atoms with E-state index in [0.29, 0.717) is 12.1 Å². The number of likely N-dealkylation sites (N-methyl/N-ethyl adjacent to an activating group) is 1. The highest BCUT2D eigenvalue weighted by atomic mass is 16.5. The average molecular weight is 291 g/mol. The van der Waals surface area contributed by atoms with Crippen molar-refractivity contribution in [2.75, 3.05) is 20.2 Å². The smallest absolute Gasteiger partial charge is 0.0702 e. The van der Waals surface area contributed by atoms with Crippen LogP contribution >= 0.6 is 0 Å². The number of nitrogens with one attached hydrogen (secondary N) is 1. The summed E-state index contributed by atoms with van der Waals surface area (Å²) in [5.74, 6) is 0. The summed E-state index contributed by atoms with van der Waals surface area (Å²) >= 11 is 0. The maximum Gasteiger partial charge on any atom is 0.0702 e. The number of rotatable bonds is 7. The number of ether oxygens (including phenoxy) is 1. The highest BCUT2D eigenvalue weighted by Gasteiger charge is 2.16. The fourth-order valence-corrected chi connectivity index (χ4v) is 2.62. The molecule has 0 spiro atoms. The quantitative estimate of drug-likeness (QED) is 0.838. The minimum atomic E-state index is 0.401. The van der Waals surface area contributed by atoms with Gasteiger partial charge in [0.15, 0.2) is 0 Å². The second-order valence-corrected chi connectivity index (χ2v) is 6.38. The van der Waals surface area contributed by atoms with Crippen LogP contribution in [0, 0.1) is 0 Å². The van der Waals surface area contributed by atoms with Gasteiger partial charge in [0.05, 0.1) is 11.8 Å². The van der Waals surface area contributed by atoms with Crippen molar-refractivity contribution < 1.29 is 4.74 Å². The zero-order valence-electron chi connectivity index (χ0n) is 13.6. The lowest BCUT2D eigenvalue weighted by Crippen LogP contribution is -2.33. The van der Waals surface area contributed by atoms with Crippen LogP contribution in [0.1, 0.15) is 44.4 Å². The number of hydrogen-bond donors (Lipinski definition) is 1. The molecule has 4 nitrogen and oxygen atoms in total. The molecule has 0 bridgehead atoms. The maximum atomic E-state index is 5.79. The molecule has 4 heteroatoms. The van der Waals surface area contributed by atoms with Gasteiger partial charge >= 0.3 is 0 Å². The number of hydrogen-bond acceptors (Lipinski definition) is 4. The van der Waals surface area contributed by atoms with Crippen LogP contribution in [-0.4, -0.2) is 42.2 Å². The molecule has 1 aliphatic heterocycles. The Morgan fingerprint density at radius 1 is 1.38 bits per heavy atom. The van der Waals surface area contributed by atoms with Gasteiger partial charge in [-0.25, -0.2) is 0 Å². The maximum absolute atomic E-state index is 5.79. The lowest BCUT2D eigenvalue weighted by molar-refractivity contribution is -0.00274. The Bertz CT molecular complexity index is 399. The van der Waals surface area contributed by atoms with Gasteiger partial charge in [0, 0.05) is 38.5 Å². The van der Waals surface area contributed by atoms with Gasteiger partial charge in [0.1, 0.15) is 0 Å². The van der Waals surface area contributed by atoms with Gasteiger partial charge in [0.25, 0.3) is 0 Å². The molecule has 2 rings (SSSR count). The molecule has 1 N–H and O–H groups in total. The minimum absolute atomic E-state index is 0.401. The van der Waals surface area contributed by atoms with Gasteiger partial charge in [-0.05, 0) is 37.9 Å². The molecule has 2 heterocycles. The van der Waals surface area contributed by atoms with E-state index >= 15 is 0 Å². The molecule has 1 aliphatic rings. The summed E-state index contributed by atoms with van der Waals surface area (Å²) in [5, 5.41) is 3.41. The van der Waals surface area contributed by atoms with Crippen molar-refractivity contribution in [1.82, 2.24) is 15.2 Å². The Hall–Kier alpha value is -0.970. The number of aromatic nitrogens is 1. The molecule has 118 valence electrons. The Balaban J connectivity index is 1.76. The summed E-state index contributed by atoms with van der Waals surface area (Å²) in [6.45, 7) is 8.01. The molecular formula is C17H29N3O. The van der Waals surface area contributed by atoms with Crippen LogP contribution in [0.2, 0.25) is 0 Å². The van der Waals surface area contributed by atoms with Gasteiger partial charge in [-0.2, -0.15) is 0 Å². The molecule has 0 amide bonds. The van der Waals surface area contributed by atoms with Crippen molar-refractivity contribution in [2.45, 2.75) is 58.3 Å². The van der Waals surface area contributed by atoms with Crippen LogP contribution in [0.5, 0.6) is 0 Å². The van der Waals surface area contributed by atoms with Gasteiger partial charge < -0.3 is 10.1 Å². The normalized spacial score (nSPS) is 19.4. The molecule has 1 aromatic heterocycles. The first kappa shape index (κ1) is 16.4. The second kappa shape index (κ2) is 8.47. The largest absolute Gasteiger partial charge is 0.377 e. The molecule has 1 fully saturated rings. The van der Waals surface area contributed by atoms with Crippen LogP contribution in [-0.2, 0) is 17.8 Å². The SMILES string of the molecule is CC(C)NCc1ccc(CN(C)CC2CCCCO2)nc1. The topological polar surface area (TPSA) is 37.4 Å². The lowest BCUT2D eigenvalue weighted by atomic mass is 10.1. The van der Waals surface area contributed by atoms with Crippen LogP contribution in [0.4, 0.5) is 0 Å². The molecule has 0 aromatic carbocycles. The van der Waals surface area contributed by atoms with Crippen molar-refractivity contribution in [3.63, 3.8) is 0 Å². The molecule has 1 atom stereocenters. The highest BCUT2D eigenvalue weighted by molar-refractivity contribution is 5.14. The summed E-state index contributed by atoms with van der Waals surface area (Å²) in [5.41, 5.74) is 2.37. The first-order valence-electron chi connectivity index (χ1n) is 8.11. The molecule has 0 aliphatic carbocycles. The van der Waals surface area contributed by atoms with E-state index in [1.807, 2.05) is 6.20 Å². The second-order valence-electron chi connectivity index (χ2n) is 6.38. The Kier molecular flexibility index (Phi) is 6.61. The fraction of sp³-hybridized carbons (Fsp3) is 0.706. The van der Waals surface area contributed by atoms with Crippen molar-refractivity contribution >= 4 is 0 Å². The van der Waals surface area contributed by atoms with Crippen LogP contribution in [0.25, 0.3) is 0 Å². The molecule has 1 aromatic rings. The number of nitrogens with zero attached hydrogens (tertiary/aromatic N) is 2. The van der Waals surface area contributed by atoms with Gasteiger partial charge in [-0.15, -0.1) is 0 Å². The summed E-state index contributed by atoms with van der Waals surface area (Å²) < 4.78 is 5.79. The van der Waals surface area contributed by atoms with E-state index < -0.39 is 0 Å². The van der Waals surface area contributed by atoms with Gasteiger partial charge in [-0.1, -0.05) is 19.9 Å². The summed E-state index contributed by atoms with van der Waals surface area (Å²) in [7, 11) is 2.15. The van der Waals surface area contributed by atoms with E-state index in [0.717, 1.165) is 31.9 Å². The lowest BCUT2D eigenvalue weighted by Gasteiger charge is -2.27. The zero-order chi connectivity index (χ0) is 15.1. The Morgan fingerprint density at radius 2 is 2.24 bits per heavy atom. The Labute approximate surface area is 128 Å². The Morgan fingerprint density at radius 3 is 2.86 bits per heavy atom. The van der Waals surface area contributed by atoms with E-state index in [1.54, 1.807) is 0 Å². The molecule has 1 saturated heterocycles.